The minimum absolute atomic E-state index is 0.562. The van der Waals surface area contributed by atoms with Gasteiger partial charge < -0.3 is 10.7 Å². The molecule has 0 amide bonds. The molecule has 6 nitrogen and oxygen atoms in total. The number of aromatic nitrogens is 2. The number of hydrogen-bond acceptors (Lipinski definition) is 6. The Morgan fingerprint density at radius 2 is 1.95 bits per heavy atom. The van der Waals surface area contributed by atoms with E-state index >= 15 is 0 Å². The molecule has 0 saturated heterocycles. The van der Waals surface area contributed by atoms with E-state index in [1.807, 2.05) is 19.9 Å². The summed E-state index contributed by atoms with van der Waals surface area (Å²) in [7, 11) is 0. The summed E-state index contributed by atoms with van der Waals surface area (Å²) < 4.78 is 0. The summed E-state index contributed by atoms with van der Waals surface area (Å²) >= 11 is 0. The van der Waals surface area contributed by atoms with E-state index in [1.165, 1.54) is 6.33 Å². The number of anilines is 3. The van der Waals surface area contributed by atoms with Gasteiger partial charge in [0.1, 0.15) is 18.0 Å². The lowest BCUT2D eigenvalue weighted by Crippen LogP contribution is -2.11. The zero-order chi connectivity index (χ0) is 13.8. The van der Waals surface area contributed by atoms with E-state index in [0.717, 1.165) is 16.8 Å². The number of aryl methyl sites for hydroxylation is 1. The van der Waals surface area contributed by atoms with Crippen LogP contribution in [0.3, 0.4) is 0 Å². The van der Waals surface area contributed by atoms with Gasteiger partial charge >= 0.3 is 0 Å². The maximum absolute atomic E-state index is 8.93. The first-order valence-electron chi connectivity index (χ1n) is 5.71. The summed E-state index contributed by atoms with van der Waals surface area (Å²) in [5.41, 5.74) is 5.79. The van der Waals surface area contributed by atoms with Crippen molar-refractivity contribution >= 4 is 17.3 Å². The third-order valence-corrected chi connectivity index (χ3v) is 2.84. The maximum Gasteiger partial charge on any atom is 0.148 e. The number of nitrogens with one attached hydrogen (secondary N) is 2. The molecular weight excluding hydrogens is 240 g/mol. The quantitative estimate of drug-likeness (QED) is 0.572. The average Bonchev–Trinajstić information content (AvgIpc) is 2.43. The molecule has 0 unspecified atom stereocenters. The van der Waals surface area contributed by atoms with Crippen LogP contribution < -0.4 is 16.6 Å². The van der Waals surface area contributed by atoms with Crippen molar-refractivity contribution in [1.82, 2.24) is 9.97 Å². The van der Waals surface area contributed by atoms with E-state index in [9.17, 15) is 0 Å². The van der Waals surface area contributed by atoms with E-state index in [4.69, 9.17) is 11.1 Å². The second-order valence-electron chi connectivity index (χ2n) is 4.11. The summed E-state index contributed by atoms with van der Waals surface area (Å²) in [6.07, 6.45) is 1.42. The molecule has 96 valence electrons. The predicted octanol–water partition coefficient (Wildman–Crippen LogP) is 1.99. The predicted molar refractivity (Wildman–Crippen MR) is 73.8 cm³/mol. The lowest BCUT2D eigenvalue weighted by molar-refractivity contribution is 1.10. The van der Waals surface area contributed by atoms with Crippen LogP contribution in [0.1, 0.15) is 16.7 Å². The van der Waals surface area contributed by atoms with Crippen LogP contribution in [0.15, 0.2) is 24.5 Å². The summed E-state index contributed by atoms with van der Waals surface area (Å²) in [6.45, 7) is 3.82. The molecule has 1 aromatic heterocycles. The van der Waals surface area contributed by atoms with Gasteiger partial charge in [-0.05, 0) is 31.5 Å². The maximum atomic E-state index is 8.93. The molecule has 4 N–H and O–H groups in total. The van der Waals surface area contributed by atoms with Gasteiger partial charge in [-0.1, -0.05) is 6.07 Å². The van der Waals surface area contributed by atoms with Gasteiger partial charge in [0, 0.05) is 11.3 Å². The van der Waals surface area contributed by atoms with Gasteiger partial charge in [-0.25, -0.2) is 15.8 Å². The van der Waals surface area contributed by atoms with E-state index in [1.54, 1.807) is 12.1 Å². The van der Waals surface area contributed by atoms with E-state index < -0.39 is 0 Å². The molecule has 0 atom stereocenters. The SMILES string of the molecule is Cc1ccc(C#N)cc1Nc1ncnc(NN)c1C. The first-order valence-corrected chi connectivity index (χ1v) is 5.71. The number of benzene rings is 1. The molecule has 0 bridgehead atoms. The lowest BCUT2D eigenvalue weighted by Gasteiger charge is -2.12. The van der Waals surface area contributed by atoms with Gasteiger partial charge in [0.05, 0.1) is 11.6 Å². The van der Waals surface area contributed by atoms with E-state index in [0.29, 0.717) is 17.2 Å². The molecule has 0 aliphatic heterocycles. The van der Waals surface area contributed by atoms with E-state index in [-0.39, 0.29) is 0 Å². The van der Waals surface area contributed by atoms with Crippen LogP contribution in [-0.4, -0.2) is 9.97 Å². The molecule has 1 aromatic carbocycles. The van der Waals surface area contributed by atoms with Gasteiger partial charge in [-0.2, -0.15) is 5.26 Å². The highest BCUT2D eigenvalue weighted by atomic mass is 15.3. The molecule has 1 heterocycles. The van der Waals surface area contributed by atoms with Crippen molar-refractivity contribution in [3.8, 4) is 6.07 Å². The largest absolute Gasteiger partial charge is 0.340 e. The molecule has 0 saturated carbocycles. The number of nitrogen functional groups attached to an aromatic ring is 1. The molecule has 0 aliphatic rings. The number of hydrazine groups is 1. The third-order valence-electron chi connectivity index (χ3n) is 2.84. The van der Waals surface area contributed by atoms with E-state index in [2.05, 4.69) is 26.8 Å². The van der Waals surface area contributed by atoms with Gasteiger partial charge in [-0.15, -0.1) is 0 Å². The third kappa shape index (κ3) is 2.61. The van der Waals surface area contributed by atoms with Crippen LogP contribution in [0.2, 0.25) is 0 Å². The summed E-state index contributed by atoms with van der Waals surface area (Å²) in [4.78, 5) is 8.19. The highest BCUT2D eigenvalue weighted by Crippen LogP contribution is 2.24. The van der Waals surface area contributed by atoms with Gasteiger partial charge in [0.2, 0.25) is 0 Å². The first kappa shape index (κ1) is 12.8. The Kier molecular flexibility index (Phi) is 3.59. The van der Waals surface area contributed by atoms with Crippen LogP contribution in [-0.2, 0) is 0 Å². The van der Waals surface area contributed by atoms with Crippen molar-refractivity contribution in [1.29, 1.82) is 5.26 Å². The Bertz CT molecular complexity index is 644. The fraction of sp³-hybridized carbons (Fsp3) is 0.154. The molecular formula is C13H14N6. The molecule has 0 aliphatic carbocycles. The highest BCUT2D eigenvalue weighted by Gasteiger charge is 2.08. The van der Waals surface area contributed by atoms with Gasteiger partial charge in [-0.3, -0.25) is 0 Å². The summed E-state index contributed by atoms with van der Waals surface area (Å²) in [5, 5.41) is 12.1. The summed E-state index contributed by atoms with van der Waals surface area (Å²) in [5.74, 6) is 6.59. The lowest BCUT2D eigenvalue weighted by atomic mass is 10.1. The molecule has 0 fully saturated rings. The minimum Gasteiger partial charge on any atom is -0.340 e. The van der Waals surface area contributed by atoms with Gasteiger partial charge in [0.15, 0.2) is 0 Å². The number of hydrogen-bond donors (Lipinski definition) is 3. The zero-order valence-electron chi connectivity index (χ0n) is 10.7. The molecule has 0 spiro atoms. The minimum atomic E-state index is 0.562. The molecule has 19 heavy (non-hydrogen) atoms. The Labute approximate surface area is 111 Å². The Balaban J connectivity index is 2.39. The normalized spacial score (nSPS) is 9.79. The summed E-state index contributed by atoms with van der Waals surface area (Å²) in [6, 6.07) is 7.56. The van der Waals surface area contributed by atoms with Crippen molar-refractivity contribution in [2.75, 3.05) is 10.7 Å². The molecule has 2 rings (SSSR count). The second-order valence-corrected chi connectivity index (χ2v) is 4.11. The Morgan fingerprint density at radius 3 is 2.63 bits per heavy atom. The fourth-order valence-corrected chi connectivity index (χ4v) is 1.68. The fourth-order valence-electron chi connectivity index (χ4n) is 1.68. The standard InChI is InChI=1S/C13H14N6/c1-8-3-4-10(6-14)5-11(8)18-12-9(2)13(19-15)17-7-16-12/h3-5,7H,15H2,1-2H3,(H2,16,17,18,19). The average molecular weight is 254 g/mol. The van der Waals surface area contributed by atoms with Crippen molar-refractivity contribution in [2.45, 2.75) is 13.8 Å². The topological polar surface area (TPSA) is 99.6 Å². The van der Waals surface area contributed by atoms with Crippen LogP contribution in [0.5, 0.6) is 0 Å². The number of nitrogens with two attached hydrogens (primary N) is 1. The van der Waals surface area contributed by atoms with Crippen LogP contribution in [0, 0.1) is 25.2 Å². The monoisotopic (exact) mass is 254 g/mol. The second kappa shape index (κ2) is 5.33. The highest BCUT2D eigenvalue weighted by molar-refractivity contribution is 5.67. The Hall–Kier alpha value is -2.65. The first-order chi connectivity index (χ1) is 9.15. The zero-order valence-corrected chi connectivity index (χ0v) is 10.7. The van der Waals surface area contributed by atoms with Crippen molar-refractivity contribution in [2.24, 2.45) is 5.84 Å². The van der Waals surface area contributed by atoms with Gasteiger partial charge in [0.25, 0.3) is 0 Å². The molecule has 0 radical (unpaired) electrons. The smallest absolute Gasteiger partial charge is 0.148 e. The van der Waals surface area contributed by atoms with Crippen LogP contribution >= 0.6 is 0 Å². The molecule has 2 aromatic rings. The van der Waals surface area contributed by atoms with Crippen molar-refractivity contribution in [3.05, 3.63) is 41.2 Å². The molecule has 6 heteroatoms. The van der Waals surface area contributed by atoms with Crippen LogP contribution in [0.4, 0.5) is 17.3 Å². The Morgan fingerprint density at radius 1 is 1.21 bits per heavy atom. The van der Waals surface area contributed by atoms with Crippen molar-refractivity contribution in [3.63, 3.8) is 0 Å². The number of rotatable bonds is 3. The van der Waals surface area contributed by atoms with Crippen LogP contribution in [0.25, 0.3) is 0 Å². The number of nitrogens with zero attached hydrogens (tertiary/aromatic N) is 3. The van der Waals surface area contributed by atoms with Crippen molar-refractivity contribution < 1.29 is 0 Å². The number of nitriles is 1.